The fraction of sp³-hybridized carbons (Fsp3) is 0.640. The number of hydrogen-bond donors (Lipinski definition) is 2. The quantitative estimate of drug-likeness (QED) is 0.405. The molecule has 0 spiro atoms. The van der Waals surface area contributed by atoms with Crippen molar-refractivity contribution in [3.63, 3.8) is 0 Å². The summed E-state index contributed by atoms with van der Waals surface area (Å²) in [5, 5.41) is 14.2. The number of benzene rings is 1. The summed E-state index contributed by atoms with van der Waals surface area (Å²) >= 11 is 6.18. The van der Waals surface area contributed by atoms with Crippen molar-refractivity contribution in [1.29, 1.82) is 5.26 Å². The van der Waals surface area contributed by atoms with Crippen LogP contribution in [0.4, 0.5) is 0 Å². The minimum atomic E-state index is -0.306. The van der Waals surface area contributed by atoms with E-state index in [0.717, 1.165) is 68.6 Å². The van der Waals surface area contributed by atoms with Gasteiger partial charge in [0.25, 0.3) is 0 Å². The zero-order valence-electron chi connectivity index (χ0n) is 17.9. The second kappa shape index (κ2) is 7.81. The van der Waals surface area contributed by atoms with Gasteiger partial charge in [0.15, 0.2) is 0 Å². The monoisotopic (exact) mass is 438 g/mol. The lowest BCUT2D eigenvalue weighted by Gasteiger charge is -2.59. The highest BCUT2D eigenvalue weighted by Gasteiger charge is 2.58. The molecule has 6 rings (SSSR count). The third-order valence-corrected chi connectivity index (χ3v) is 9.07. The first-order valence-electron chi connectivity index (χ1n) is 11.8. The maximum Gasteiger partial charge on any atom is 0.223 e. The van der Waals surface area contributed by atoms with Gasteiger partial charge in [0, 0.05) is 16.5 Å². The van der Waals surface area contributed by atoms with Crippen molar-refractivity contribution in [2.24, 2.45) is 33.9 Å². The van der Waals surface area contributed by atoms with Crippen molar-refractivity contribution in [1.82, 2.24) is 5.32 Å². The van der Waals surface area contributed by atoms with Crippen LogP contribution in [0, 0.1) is 34.6 Å². The van der Waals surface area contributed by atoms with Crippen LogP contribution in [0.3, 0.4) is 0 Å². The molecule has 3 N–H and O–H groups in total. The molecule has 5 fully saturated rings. The lowest BCUT2D eigenvalue weighted by Crippen LogP contribution is -2.63. The molecule has 1 amide bonds. The number of nitrogens with two attached hydrogens (primary N) is 1. The van der Waals surface area contributed by atoms with E-state index in [4.69, 9.17) is 17.3 Å². The maximum absolute atomic E-state index is 12.3. The molecule has 0 saturated heterocycles. The molecule has 2 atom stereocenters. The van der Waals surface area contributed by atoms with Gasteiger partial charge in [-0.05, 0) is 80.4 Å². The van der Waals surface area contributed by atoms with Crippen LogP contribution in [0.5, 0.6) is 0 Å². The van der Waals surface area contributed by atoms with E-state index in [1.807, 2.05) is 12.1 Å². The normalized spacial score (nSPS) is 36.1. The van der Waals surface area contributed by atoms with Gasteiger partial charge >= 0.3 is 0 Å². The van der Waals surface area contributed by atoms with Gasteiger partial charge in [-0.15, -0.1) is 0 Å². The third-order valence-electron chi connectivity index (χ3n) is 8.82. The van der Waals surface area contributed by atoms with Crippen molar-refractivity contribution < 1.29 is 4.79 Å². The number of carbonyl (C=O) groups excluding carboxylic acids is 1. The Morgan fingerprint density at radius 2 is 1.74 bits per heavy atom. The van der Waals surface area contributed by atoms with Gasteiger partial charge in [0.1, 0.15) is 5.84 Å². The van der Waals surface area contributed by atoms with Gasteiger partial charge in [0.05, 0.1) is 5.41 Å². The summed E-state index contributed by atoms with van der Waals surface area (Å²) in [7, 11) is 0. The molecule has 0 aliphatic heterocycles. The van der Waals surface area contributed by atoms with Crippen LogP contribution in [-0.4, -0.2) is 17.8 Å². The summed E-state index contributed by atoms with van der Waals surface area (Å²) < 4.78 is 0. The molecule has 1 aromatic carbocycles. The number of nitrogens with zero attached hydrogens (tertiary/aromatic N) is 2. The molecule has 5 nitrogen and oxygen atoms in total. The molecule has 5 saturated carbocycles. The standard InChI is InChI=1S/C25H31ClN4O/c26-20-6-4-19(5-7-20)25(8-2-1-3-9-25)23(29-15-27)30-21-17-10-16-11-18(21)14-24(12-16,13-17)22(28)31/h4-7,16-18,21H,1-3,8-14H2,(H2,28,31)(H,29,30). The highest BCUT2D eigenvalue weighted by atomic mass is 35.5. The van der Waals surface area contributed by atoms with E-state index in [2.05, 4.69) is 28.6 Å². The third kappa shape index (κ3) is 3.44. The van der Waals surface area contributed by atoms with Crippen LogP contribution in [0.1, 0.15) is 69.8 Å². The molecular weight excluding hydrogens is 408 g/mol. The Morgan fingerprint density at radius 3 is 2.32 bits per heavy atom. The summed E-state index contributed by atoms with van der Waals surface area (Å²) in [5.41, 5.74) is 6.49. The molecule has 0 aromatic heterocycles. The Hall–Kier alpha value is -2.06. The minimum absolute atomic E-state index is 0.110. The highest BCUT2D eigenvalue weighted by molar-refractivity contribution is 6.30. The molecule has 2 unspecified atom stereocenters. The molecule has 4 bridgehead atoms. The van der Waals surface area contributed by atoms with Gasteiger partial charge in [-0.3, -0.25) is 4.79 Å². The summed E-state index contributed by atoms with van der Waals surface area (Å²) in [6.45, 7) is 0. The van der Waals surface area contributed by atoms with Gasteiger partial charge in [-0.25, -0.2) is 0 Å². The number of nitrogens with one attached hydrogen (secondary N) is 1. The number of carbonyl (C=O) groups is 1. The Morgan fingerprint density at radius 1 is 1.10 bits per heavy atom. The fourth-order valence-corrected chi connectivity index (χ4v) is 7.76. The topological polar surface area (TPSA) is 91.3 Å². The number of nitriles is 1. The predicted molar refractivity (Wildman–Crippen MR) is 121 cm³/mol. The summed E-state index contributed by atoms with van der Waals surface area (Å²) in [5.74, 6) is 2.17. The van der Waals surface area contributed by atoms with Gasteiger partial charge in [-0.2, -0.15) is 10.3 Å². The van der Waals surface area contributed by atoms with Crippen molar-refractivity contribution in [2.45, 2.75) is 75.7 Å². The first kappa shape index (κ1) is 20.8. The molecule has 6 heteroatoms. The molecule has 0 heterocycles. The highest BCUT2D eigenvalue weighted by Crippen LogP contribution is 2.60. The van der Waals surface area contributed by atoms with Crippen LogP contribution in [-0.2, 0) is 10.2 Å². The predicted octanol–water partition coefficient (Wildman–Crippen LogP) is 4.69. The lowest BCUT2D eigenvalue weighted by atomic mass is 9.47. The largest absolute Gasteiger partial charge is 0.369 e. The number of amidine groups is 1. The lowest BCUT2D eigenvalue weighted by molar-refractivity contribution is -0.145. The average Bonchev–Trinajstić information content (AvgIpc) is 2.76. The fourth-order valence-electron chi connectivity index (χ4n) is 7.63. The summed E-state index contributed by atoms with van der Waals surface area (Å²) in [6.07, 6.45) is 12.5. The molecule has 0 radical (unpaired) electrons. The van der Waals surface area contributed by atoms with E-state index in [1.54, 1.807) is 0 Å². The first-order valence-corrected chi connectivity index (χ1v) is 12.1. The number of halogens is 1. The van der Waals surface area contributed by atoms with E-state index in [9.17, 15) is 10.1 Å². The van der Waals surface area contributed by atoms with Gasteiger partial charge in [0.2, 0.25) is 12.1 Å². The molecule has 164 valence electrons. The van der Waals surface area contributed by atoms with Crippen molar-refractivity contribution in [3.8, 4) is 6.19 Å². The smallest absolute Gasteiger partial charge is 0.223 e. The van der Waals surface area contributed by atoms with E-state index < -0.39 is 0 Å². The van der Waals surface area contributed by atoms with Crippen molar-refractivity contribution in [2.75, 3.05) is 0 Å². The van der Waals surface area contributed by atoms with Crippen molar-refractivity contribution in [3.05, 3.63) is 34.9 Å². The Balaban J connectivity index is 1.47. The first-order chi connectivity index (χ1) is 15.0. The maximum atomic E-state index is 12.3. The van der Waals surface area contributed by atoms with Gasteiger partial charge < -0.3 is 11.1 Å². The van der Waals surface area contributed by atoms with Crippen LogP contribution in [0.2, 0.25) is 5.02 Å². The van der Waals surface area contributed by atoms with Crippen molar-refractivity contribution >= 4 is 23.3 Å². The number of amides is 1. The van der Waals surface area contributed by atoms with Crippen LogP contribution < -0.4 is 11.1 Å². The zero-order chi connectivity index (χ0) is 21.6. The Bertz CT molecular complexity index is 912. The number of hydrogen-bond acceptors (Lipinski definition) is 3. The average molecular weight is 439 g/mol. The van der Waals surface area contributed by atoms with E-state index >= 15 is 0 Å². The van der Waals surface area contributed by atoms with E-state index in [-0.39, 0.29) is 22.8 Å². The van der Waals surface area contributed by atoms with Gasteiger partial charge in [-0.1, -0.05) is 43.0 Å². The van der Waals surface area contributed by atoms with Crippen LogP contribution in [0.15, 0.2) is 29.3 Å². The molecule has 1 aromatic rings. The second-order valence-electron chi connectivity index (χ2n) is 10.5. The second-order valence-corrected chi connectivity index (χ2v) is 10.9. The Kier molecular flexibility index (Phi) is 5.25. The minimum Gasteiger partial charge on any atom is -0.369 e. The van der Waals surface area contributed by atoms with E-state index in [1.165, 1.54) is 12.0 Å². The number of aliphatic imine (C=N–C) groups is 1. The molecule has 5 aliphatic carbocycles. The van der Waals surface area contributed by atoms with E-state index in [0.29, 0.717) is 17.8 Å². The van der Waals surface area contributed by atoms with Crippen LogP contribution >= 0.6 is 11.6 Å². The number of rotatable bonds is 4. The van der Waals surface area contributed by atoms with Crippen LogP contribution in [0.25, 0.3) is 0 Å². The molecule has 31 heavy (non-hydrogen) atoms. The summed E-state index contributed by atoms with van der Waals surface area (Å²) in [6, 6.07) is 8.35. The molecule has 5 aliphatic rings. The Labute approximate surface area is 189 Å². The SMILES string of the molecule is N#C/N=C(\NC1C2CC3CC1CC(C(N)=O)(C3)C2)C1(c2ccc(Cl)cc2)CCCCC1. The molecular formula is C25H31ClN4O. The number of primary amides is 1. The zero-order valence-corrected chi connectivity index (χ0v) is 18.7. The summed E-state index contributed by atoms with van der Waals surface area (Å²) in [4.78, 5) is 16.7.